The summed E-state index contributed by atoms with van der Waals surface area (Å²) >= 11 is 0. The second kappa shape index (κ2) is 11.1. The van der Waals surface area contributed by atoms with E-state index in [2.05, 4.69) is 42.1 Å². The van der Waals surface area contributed by atoms with E-state index in [1.165, 1.54) is 49.4 Å². The SMILES string of the molecule is CN1CCC2(CC1)CCN(Cc1ccc(Nc3ncc(F)c(-c4cc(F)c5nc6n(c5c4)[C@H](C(F)F)CC6)n3)nc1)CC2. The average molecular weight is 595 g/mol. The Hall–Kier alpha value is -3.64. The van der Waals surface area contributed by atoms with Gasteiger partial charge in [0, 0.05) is 24.7 Å². The van der Waals surface area contributed by atoms with Gasteiger partial charge in [-0.15, -0.1) is 0 Å². The van der Waals surface area contributed by atoms with Crippen molar-refractivity contribution >= 4 is 22.8 Å². The predicted octanol–water partition coefficient (Wildman–Crippen LogP) is 5.97. The van der Waals surface area contributed by atoms with Crippen molar-refractivity contribution in [3.05, 3.63) is 59.7 Å². The fourth-order valence-electron chi connectivity index (χ4n) is 6.90. The molecular formula is C31H34F4N8. The van der Waals surface area contributed by atoms with Gasteiger partial charge in [-0.3, -0.25) is 4.90 Å². The molecule has 7 rings (SSSR count). The molecule has 0 unspecified atom stereocenters. The summed E-state index contributed by atoms with van der Waals surface area (Å²) in [5.41, 5.74) is 1.77. The number of hydrogen-bond acceptors (Lipinski definition) is 7. The third kappa shape index (κ3) is 5.46. The summed E-state index contributed by atoms with van der Waals surface area (Å²) in [7, 11) is 2.21. The summed E-state index contributed by atoms with van der Waals surface area (Å²) < 4.78 is 58.6. The zero-order valence-corrected chi connectivity index (χ0v) is 24.0. The summed E-state index contributed by atoms with van der Waals surface area (Å²) in [4.78, 5) is 22.0. The van der Waals surface area contributed by atoms with E-state index >= 15 is 4.39 Å². The van der Waals surface area contributed by atoms with Crippen LogP contribution in [0.1, 0.15) is 49.5 Å². The number of aryl methyl sites for hydroxylation is 1. The van der Waals surface area contributed by atoms with Gasteiger partial charge in [0.1, 0.15) is 22.9 Å². The normalized spacial score (nSPS) is 20.7. The van der Waals surface area contributed by atoms with Crippen molar-refractivity contribution in [2.45, 2.75) is 57.5 Å². The Bertz CT molecular complexity index is 1620. The van der Waals surface area contributed by atoms with Crippen molar-refractivity contribution in [3.63, 3.8) is 0 Å². The first-order chi connectivity index (χ1) is 20.8. The van der Waals surface area contributed by atoms with Crippen LogP contribution in [-0.4, -0.2) is 74.0 Å². The molecule has 4 aromatic rings. The van der Waals surface area contributed by atoms with Crippen LogP contribution in [0.3, 0.4) is 0 Å². The van der Waals surface area contributed by atoms with Crippen LogP contribution in [0.5, 0.6) is 0 Å². The molecule has 0 amide bonds. The van der Waals surface area contributed by atoms with Gasteiger partial charge < -0.3 is 14.8 Å². The van der Waals surface area contributed by atoms with E-state index in [4.69, 9.17) is 0 Å². The lowest BCUT2D eigenvalue weighted by molar-refractivity contribution is 0.0400. The predicted molar refractivity (Wildman–Crippen MR) is 155 cm³/mol. The minimum atomic E-state index is -2.62. The Labute approximate surface area is 247 Å². The van der Waals surface area contributed by atoms with Gasteiger partial charge in [0.05, 0.1) is 17.8 Å². The van der Waals surface area contributed by atoms with Crippen molar-refractivity contribution in [2.75, 3.05) is 38.5 Å². The van der Waals surface area contributed by atoms with Gasteiger partial charge in [0.2, 0.25) is 5.95 Å². The highest BCUT2D eigenvalue weighted by atomic mass is 19.3. The van der Waals surface area contributed by atoms with Crippen LogP contribution < -0.4 is 5.32 Å². The van der Waals surface area contributed by atoms with Gasteiger partial charge in [-0.25, -0.2) is 37.5 Å². The number of nitrogens with one attached hydrogen (secondary N) is 1. The van der Waals surface area contributed by atoms with Crippen molar-refractivity contribution in [2.24, 2.45) is 5.41 Å². The van der Waals surface area contributed by atoms with E-state index in [0.717, 1.165) is 37.5 Å². The number of hydrogen-bond donors (Lipinski definition) is 1. The summed E-state index contributed by atoms with van der Waals surface area (Å²) in [6.45, 7) is 5.40. The maximum absolute atomic E-state index is 15.0. The maximum atomic E-state index is 15.0. The molecule has 3 aliphatic heterocycles. The molecule has 12 heteroatoms. The summed E-state index contributed by atoms with van der Waals surface area (Å²) in [5.74, 6) is -0.510. The van der Waals surface area contributed by atoms with Gasteiger partial charge in [-0.2, -0.15) is 0 Å². The molecular weight excluding hydrogens is 560 g/mol. The highest BCUT2D eigenvalue weighted by Crippen LogP contribution is 2.41. The van der Waals surface area contributed by atoms with Gasteiger partial charge in [0.25, 0.3) is 6.43 Å². The topological polar surface area (TPSA) is 75.0 Å². The highest BCUT2D eigenvalue weighted by Gasteiger charge is 2.37. The number of halogens is 4. The lowest BCUT2D eigenvalue weighted by Crippen LogP contribution is -2.45. The molecule has 1 aromatic carbocycles. The number of rotatable bonds is 6. The van der Waals surface area contributed by atoms with E-state index in [0.29, 0.717) is 23.5 Å². The number of likely N-dealkylation sites (tertiary alicyclic amines) is 2. The maximum Gasteiger partial charge on any atom is 0.259 e. The second-order valence-corrected chi connectivity index (χ2v) is 12.3. The molecule has 43 heavy (non-hydrogen) atoms. The summed E-state index contributed by atoms with van der Waals surface area (Å²) in [5, 5.41) is 3.00. The Morgan fingerprint density at radius 2 is 1.72 bits per heavy atom. The second-order valence-electron chi connectivity index (χ2n) is 12.3. The fourth-order valence-corrected chi connectivity index (χ4v) is 6.90. The molecule has 0 aliphatic carbocycles. The molecule has 1 atom stereocenters. The van der Waals surface area contributed by atoms with Gasteiger partial charge >= 0.3 is 0 Å². The molecule has 2 saturated heterocycles. The zero-order chi connectivity index (χ0) is 29.7. The minimum Gasteiger partial charge on any atom is -0.319 e. The lowest BCUT2D eigenvalue weighted by atomic mass is 9.71. The lowest BCUT2D eigenvalue weighted by Gasteiger charge is -2.46. The Kier molecular flexibility index (Phi) is 7.29. The molecule has 2 fully saturated rings. The number of alkyl halides is 2. The molecule has 1 N–H and O–H groups in total. The molecule has 3 aromatic heterocycles. The fraction of sp³-hybridized carbons (Fsp3) is 0.484. The van der Waals surface area contributed by atoms with Crippen molar-refractivity contribution in [3.8, 4) is 11.3 Å². The molecule has 1 spiro atoms. The molecule has 0 saturated carbocycles. The number of imidazole rings is 1. The number of benzene rings is 1. The van der Waals surface area contributed by atoms with Crippen molar-refractivity contribution in [1.29, 1.82) is 0 Å². The molecule has 0 bridgehead atoms. The van der Waals surface area contributed by atoms with Gasteiger partial charge in [-0.05, 0) is 94.5 Å². The van der Waals surface area contributed by atoms with Crippen molar-refractivity contribution in [1.82, 2.24) is 34.3 Å². The van der Waals surface area contributed by atoms with E-state index in [-0.39, 0.29) is 34.7 Å². The first-order valence-corrected chi connectivity index (χ1v) is 14.9. The Balaban J connectivity index is 1.05. The summed E-state index contributed by atoms with van der Waals surface area (Å²) in [6, 6.07) is 5.33. The minimum absolute atomic E-state index is 0.00733. The third-order valence-corrected chi connectivity index (χ3v) is 9.56. The molecule has 6 heterocycles. The van der Waals surface area contributed by atoms with E-state index in [1.54, 1.807) is 0 Å². The van der Waals surface area contributed by atoms with E-state index in [1.807, 2.05) is 18.3 Å². The standard InChI is InChI=1S/C31H34F4N8/c1-41-10-6-31(7-11-41)8-12-42(13-9-31)18-19-2-4-25(36-16-19)38-30-37-17-22(33)27(40-30)20-14-21(32)28-24(15-20)43-23(29(34)35)3-5-26(43)39-28/h2,4,14-17,23,29H,3,5-13,18H2,1H3,(H,36,37,38,40)/t23-/m0/s1. The third-order valence-electron chi connectivity index (χ3n) is 9.56. The van der Waals surface area contributed by atoms with E-state index in [9.17, 15) is 13.2 Å². The molecule has 0 radical (unpaired) electrons. The summed E-state index contributed by atoms with van der Waals surface area (Å²) in [6.07, 6.45) is 5.81. The number of fused-ring (bicyclic) bond motifs is 3. The monoisotopic (exact) mass is 594 g/mol. The number of anilines is 2. The highest BCUT2D eigenvalue weighted by molar-refractivity contribution is 5.83. The quantitative estimate of drug-likeness (QED) is 0.276. The van der Waals surface area contributed by atoms with E-state index < -0.39 is 24.1 Å². The largest absolute Gasteiger partial charge is 0.319 e. The smallest absolute Gasteiger partial charge is 0.259 e. The molecule has 3 aliphatic rings. The number of aromatic nitrogens is 5. The Morgan fingerprint density at radius 1 is 0.953 bits per heavy atom. The first-order valence-electron chi connectivity index (χ1n) is 14.9. The molecule has 8 nitrogen and oxygen atoms in total. The van der Waals surface area contributed by atoms with Crippen LogP contribution >= 0.6 is 0 Å². The molecule has 226 valence electrons. The zero-order valence-electron chi connectivity index (χ0n) is 24.0. The van der Waals surface area contributed by atoms with Crippen LogP contribution in [0.15, 0.2) is 36.7 Å². The van der Waals surface area contributed by atoms with Crippen LogP contribution in [0.25, 0.3) is 22.3 Å². The first kappa shape index (κ1) is 28.1. The van der Waals surface area contributed by atoms with Crippen molar-refractivity contribution < 1.29 is 17.6 Å². The number of nitrogens with zero attached hydrogens (tertiary/aromatic N) is 7. The number of piperidine rings is 2. The van der Waals surface area contributed by atoms with Gasteiger partial charge in [0.15, 0.2) is 11.6 Å². The number of pyridine rings is 1. The Morgan fingerprint density at radius 3 is 2.44 bits per heavy atom. The van der Waals surface area contributed by atoms with Crippen LogP contribution in [0, 0.1) is 17.0 Å². The van der Waals surface area contributed by atoms with Gasteiger partial charge in [-0.1, -0.05) is 6.07 Å². The van der Waals surface area contributed by atoms with Crippen LogP contribution in [0.2, 0.25) is 0 Å². The van der Waals surface area contributed by atoms with Crippen LogP contribution in [0.4, 0.5) is 29.3 Å². The van der Waals surface area contributed by atoms with Crippen LogP contribution in [-0.2, 0) is 13.0 Å². The average Bonchev–Trinajstić information content (AvgIpc) is 3.59.